The van der Waals surface area contributed by atoms with Gasteiger partial charge in [0.05, 0.1) is 18.9 Å². The van der Waals surface area contributed by atoms with Gasteiger partial charge in [0.15, 0.2) is 0 Å². The van der Waals surface area contributed by atoms with Crippen LogP contribution in [-0.2, 0) is 14.4 Å². The van der Waals surface area contributed by atoms with E-state index in [0.717, 1.165) is 37.9 Å². The van der Waals surface area contributed by atoms with Crippen LogP contribution in [0.3, 0.4) is 0 Å². The van der Waals surface area contributed by atoms with Crippen molar-refractivity contribution < 1.29 is 24.2 Å². The van der Waals surface area contributed by atoms with Gasteiger partial charge in [-0.05, 0) is 50.8 Å². The molecular formula is C23H35N3O5. The molecule has 1 aromatic rings. The normalized spacial score (nSPS) is 18.2. The smallest absolute Gasteiger partial charge is 0.304 e. The fourth-order valence-corrected chi connectivity index (χ4v) is 3.86. The Morgan fingerprint density at radius 2 is 1.90 bits per heavy atom. The van der Waals surface area contributed by atoms with E-state index >= 15 is 0 Å². The van der Waals surface area contributed by atoms with Gasteiger partial charge in [-0.25, -0.2) is 0 Å². The fraction of sp³-hybridized carbons (Fsp3) is 0.609. The first-order valence-electron chi connectivity index (χ1n) is 11.2. The van der Waals surface area contributed by atoms with E-state index in [1.165, 1.54) is 0 Å². The van der Waals surface area contributed by atoms with Gasteiger partial charge in [-0.3, -0.25) is 14.4 Å². The van der Waals surface area contributed by atoms with Crippen LogP contribution in [0.25, 0.3) is 0 Å². The summed E-state index contributed by atoms with van der Waals surface area (Å²) in [6, 6.07) is 9.39. The van der Waals surface area contributed by atoms with Gasteiger partial charge in [-0.2, -0.15) is 0 Å². The number of hydrogen-bond acceptors (Lipinski definition) is 5. The van der Waals surface area contributed by atoms with E-state index in [9.17, 15) is 14.4 Å². The van der Waals surface area contributed by atoms with Crippen LogP contribution < -0.4 is 15.8 Å². The van der Waals surface area contributed by atoms with Gasteiger partial charge in [0, 0.05) is 25.6 Å². The summed E-state index contributed by atoms with van der Waals surface area (Å²) >= 11 is 0. The molecule has 4 N–H and O–H groups in total. The minimum atomic E-state index is -0.973. The zero-order valence-electron chi connectivity index (χ0n) is 18.1. The average molecular weight is 434 g/mol. The summed E-state index contributed by atoms with van der Waals surface area (Å²) in [6.07, 6.45) is 4.88. The molecule has 0 spiro atoms. The molecule has 1 aliphatic rings. The van der Waals surface area contributed by atoms with Gasteiger partial charge in [0.1, 0.15) is 5.75 Å². The van der Waals surface area contributed by atoms with Crippen molar-refractivity contribution >= 4 is 17.8 Å². The highest BCUT2D eigenvalue weighted by Gasteiger charge is 2.39. The SMILES string of the molecule is NCCCCCC(=O)NC[C@@H]1C[C@@H](CC(=O)O)C(=O)N1CCCCOc1ccccc1. The maximum Gasteiger partial charge on any atom is 0.304 e. The number of likely N-dealkylation sites (tertiary alicyclic amines) is 1. The van der Waals surface area contributed by atoms with Crippen LogP contribution in [0.1, 0.15) is 51.4 Å². The van der Waals surface area contributed by atoms with Gasteiger partial charge in [0.2, 0.25) is 11.8 Å². The van der Waals surface area contributed by atoms with Gasteiger partial charge >= 0.3 is 5.97 Å². The number of rotatable bonds is 15. The lowest BCUT2D eigenvalue weighted by Gasteiger charge is -2.25. The van der Waals surface area contributed by atoms with Crippen molar-refractivity contribution in [3.63, 3.8) is 0 Å². The van der Waals surface area contributed by atoms with Gasteiger partial charge in [0.25, 0.3) is 0 Å². The molecule has 1 aromatic carbocycles. The number of aliphatic carboxylic acids is 1. The lowest BCUT2D eigenvalue weighted by atomic mass is 10.0. The second-order valence-corrected chi connectivity index (χ2v) is 7.99. The summed E-state index contributed by atoms with van der Waals surface area (Å²) in [5.74, 6) is -0.854. The average Bonchev–Trinajstić information content (AvgIpc) is 3.04. The number of nitrogens with one attached hydrogen (secondary N) is 1. The third-order valence-electron chi connectivity index (χ3n) is 5.50. The number of amides is 2. The molecule has 1 saturated heterocycles. The van der Waals surface area contributed by atoms with Crippen LogP contribution in [0.5, 0.6) is 5.75 Å². The van der Waals surface area contributed by atoms with Crippen molar-refractivity contribution in [1.29, 1.82) is 0 Å². The largest absolute Gasteiger partial charge is 0.494 e. The quantitative estimate of drug-likeness (QED) is 0.365. The molecule has 31 heavy (non-hydrogen) atoms. The molecule has 8 nitrogen and oxygen atoms in total. The maximum atomic E-state index is 12.7. The number of nitrogens with zero attached hydrogens (tertiary/aromatic N) is 1. The predicted octanol–water partition coefficient (Wildman–Crippen LogP) is 2.17. The minimum Gasteiger partial charge on any atom is -0.494 e. The van der Waals surface area contributed by atoms with Crippen LogP contribution >= 0.6 is 0 Å². The molecule has 0 saturated carbocycles. The number of carbonyl (C=O) groups excluding carboxylic acids is 2. The number of carboxylic acid groups (broad SMARTS) is 1. The van der Waals surface area contributed by atoms with E-state index in [4.69, 9.17) is 15.6 Å². The number of ether oxygens (including phenoxy) is 1. The van der Waals surface area contributed by atoms with Gasteiger partial charge in [-0.15, -0.1) is 0 Å². The van der Waals surface area contributed by atoms with Crippen molar-refractivity contribution in [1.82, 2.24) is 10.2 Å². The maximum absolute atomic E-state index is 12.7. The molecule has 1 fully saturated rings. The summed E-state index contributed by atoms with van der Waals surface area (Å²) in [6.45, 7) is 2.07. The number of carbonyl (C=O) groups is 3. The third kappa shape index (κ3) is 8.96. The molecule has 0 unspecified atom stereocenters. The molecule has 0 aromatic heterocycles. The van der Waals surface area contributed by atoms with E-state index in [1.54, 1.807) is 4.90 Å². The molecule has 1 aliphatic heterocycles. The van der Waals surface area contributed by atoms with Crippen molar-refractivity contribution in [2.45, 2.75) is 57.4 Å². The van der Waals surface area contributed by atoms with Crippen molar-refractivity contribution in [2.24, 2.45) is 11.7 Å². The lowest BCUT2D eigenvalue weighted by molar-refractivity contribution is -0.142. The molecule has 0 radical (unpaired) electrons. The zero-order chi connectivity index (χ0) is 22.5. The highest BCUT2D eigenvalue weighted by atomic mass is 16.5. The number of hydrogen-bond donors (Lipinski definition) is 3. The molecule has 2 amide bonds. The molecule has 2 atom stereocenters. The monoisotopic (exact) mass is 433 g/mol. The molecule has 2 rings (SSSR count). The zero-order valence-corrected chi connectivity index (χ0v) is 18.1. The summed E-state index contributed by atoms with van der Waals surface area (Å²) in [7, 11) is 0. The van der Waals surface area contributed by atoms with E-state index in [1.807, 2.05) is 30.3 Å². The van der Waals surface area contributed by atoms with Crippen LogP contribution in [0.15, 0.2) is 30.3 Å². The molecule has 1 heterocycles. The van der Waals surface area contributed by atoms with Crippen LogP contribution in [0.4, 0.5) is 0 Å². The molecule has 0 bridgehead atoms. The fourth-order valence-electron chi connectivity index (χ4n) is 3.86. The lowest BCUT2D eigenvalue weighted by Crippen LogP contribution is -2.42. The number of para-hydroxylation sites is 1. The predicted molar refractivity (Wildman–Crippen MR) is 118 cm³/mol. The highest BCUT2D eigenvalue weighted by Crippen LogP contribution is 2.27. The molecule has 172 valence electrons. The van der Waals surface area contributed by atoms with Crippen molar-refractivity contribution in [2.75, 3.05) is 26.2 Å². The number of unbranched alkanes of at least 4 members (excludes halogenated alkanes) is 3. The Labute approximate surface area is 184 Å². The Morgan fingerprint density at radius 1 is 1.13 bits per heavy atom. The third-order valence-corrected chi connectivity index (χ3v) is 5.50. The number of nitrogens with two attached hydrogens (primary N) is 1. The standard InChI is InChI=1S/C23H35N3O5/c24-12-6-2-5-11-21(27)25-17-19-15-18(16-22(28)29)23(30)26(19)13-7-8-14-31-20-9-3-1-4-10-20/h1,3-4,9-10,18-19H,2,5-8,11-17,24H2,(H,25,27)(H,28,29)/t18-,19-/m0/s1. The minimum absolute atomic E-state index is 0.0395. The Bertz CT molecular complexity index is 698. The van der Waals surface area contributed by atoms with Gasteiger partial charge < -0.3 is 25.8 Å². The van der Waals surface area contributed by atoms with Gasteiger partial charge in [-0.1, -0.05) is 24.6 Å². The molecule has 8 heteroatoms. The van der Waals surface area contributed by atoms with E-state index in [0.29, 0.717) is 39.1 Å². The Morgan fingerprint density at radius 3 is 2.61 bits per heavy atom. The second-order valence-electron chi connectivity index (χ2n) is 7.99. The Kier molecular flexibility index (Phi) is 10.9. The Hall–Kier alpha value is -2.61. The number of benzene rings is 1. The Balaban J connectivity index is 1.78. The van der Waals surface area contributed by atoms with E-state index in [-0.39, 0.29) is 24.3 Å². The van der Waals surface area contributed by atoms with Crippen LogP contribution in [-0.4, -0.2) is 60.1 Å². The van der Waals surface area contributed by atoms with Crippen LogP contribution in [0, 0.1) is 5.92 Å². The van der Waals surface area contributed by atoms with E-state index < -0.39 is 11.9 Å². The highest BCUT2D eigenvalue weighted by molar-refractivity contribution is 5.85. The summed E-state index contributed by atoms with van der Waals surface area (Å²) in [5.41, 5.74) is 5.46. The van der Waals surface area contributed by atoms with Crippen molar-refractivity contribution in [3.8, 4) is 5.75 Å². The first-order valence-corrected chi connectivity index (χ1v) is 11.2. The molecule has 0 aliphatic carbocycles. The van der Waals surface area contributed by atoms with Crippen molar-refractivity contribution in [3.05, 3.63) is 30.3 Å². The van der Waals surface area contributed by atoms with E-state index in [2.05, 4.69) is 5.32 Å². The first-order chi connectivity index (χ1) is 15.0. The summed E-state index contributed by atoms with van der Waals surface area (Å²) in [5, 5.41) is 12.0. The topological polar surface area (TPSA) is 122 Å². The first kappa shape index (κ1) is 24.7. The summed E-state index contributed by atoms with van der Waals surface area (Å²) in [4.78, 5) is 37.7. The molecular weight excluding hydrogens is 398 g/mol. The summed E-state index contributed by atoms with van der Waals surface area (Å²) < 4.78 is 5.69. The second kappa shape index (κ2) is 13.6. The number of carboxylic acids is 1. The van der Waals surface area contributed by atoms with Crippen LogP contribution in [0.2, 0.25) is 0 Å².